The molecule has 3 rings (SSSR count). The van der Waals surface area contributed by atoms with Crippen molar-refractivity contribution in [1.82, 2.24) is 4.90 Å². The van der Waals surface area contributed by atoms with Crippen molar-refractivity contribution in [3.8, 4) is 0 Å². The Hall–Kier alpha value is -0.920. The van der Waals surface area contributed by atoms with E-state index in [2.05, 4.69) is 0 Å². The number of hydrogen-bond donors (Lipinski definition) is 0. The summed E-state index contributed by atoms with van der Waals surface area (Å²) in [4.78, 5) is 16.9. The fourth-order valence-corrected chi connectivity index (χ4v) is 6.07. The summed E-state index contributed by atoms with van der Waals surface area (Å²) in [7, 11) is -3.03. The first kappa shape index (κ1) is 16.9. The molecule has 0 aromatic carbocycles. The number of amides is 1. The summed E-state index contributed by atoms with van der Waals surface area (Å²) in [5.41, 5.74) is 0.704. The van der Waals surface area contributed by atoms with Crippen molar-refractivity contribution < 1.29 is 17.9 Å². The van der Waals surface area contributed by atoms with Gasteiger partial charge in [-0.05, 0) is 39.2 Å². The molecule has 2 aliphatic heterocycles. The molecule has 2 atom stereocenters. The van der Waals surface area contributed by atoms with Crippen LogP contribution in [0.15, 0.2) is 6.07 Å². The normalized spacial score (nSPS) is 26.5. The highest BCUT2D eigenvalue weighted by Gasteiger charge is 2.37. The van der Waals surface area contributed by atoms with Crippen LogP contribution in [0.25, 0.3) is 0 Å². The van der Waals surface area contributed by atoms with Gasteiger partial charge >= 0.3 is 0 Å². The summed E-state index contributed by atoms with van der Waals surface area (Å²) >= 11 is 1.60. The van der Waals surface area contributed by atoms with Crippen LogP contribution in [-0.4, -0.2) is 56.0 Å². The van der Waals surface area contributed by atoms with E-state index in [9.17, 15) is 13.2 Å². The SMILES string of the molecule is Cc1cc(C(=O)N(C[C@H]2CCCO2)[C@@H]2CCS(=O)(=O)C2)c(C)s1. The Morgan fingerprint density at radius 1 is 1.39 bits per heavy atom. The predicted molar refractivity (Wildman–Crippen MR) is 90.9 cm³/mol. The third kappa shape index (κ3) is 3.78. The van der Waals surface area contributed by atoms with E-state index in [1.807, 2.05) is 19.9 Å². The molecule has 23 heavy (non-hydrogen) atoms. The van der Waals surface area contributed by atoms with Gasteiger partial charge in [-0.1, -0.05) is 0 Å². The highest BCUT2D eigenvalue weighted by molar-refractivity contribution is 7.91. The second kappa shape index (κ2) is 6.53. The van der Waals surface area contributed by atoms with Gasteiger partial charge in [-0.15, -0.1) is 11.3 Å². The van der Waals surface area contributed by atoms with Crippen LogP contribution >= 0.6 is 11.3 Å². The molecule has 7 heteroatoms. The van der Waals surface area contributed by atoms with Gasteiger partial charge in [0.15, 0.2) is 9.84 Å². The molecule has 2 fully saturated rings. The smallest absolute Gasteiger partial charge is 0.255 e. The molecule has 128 valence electrons. The number of sulfone groups is 1. The maximum absolute atomic E-state index is 13.0. The average molecular weight is 357 g/mol. The van der Waals surface area contributed by atoms with Crippen LogP contribution in [-0.2, 0) is 14.6 Å². The molecule has 1 aromatic heterocycles. The molecule has 0 aliphatic carbocycles. The van der Waals surface area contributed by atoms with Gasteiger partial charge in [0.05, 0.1) is 23.2 Å². The number of carbonyl (C=O) groups is 1. The van der Waals surface area contributed by atoms with Crippen LogP contribution in [0.5, 0.6) is 0 Å². The van der Waals surface area contributed by atoms with E-state index in [0.29, 0.717) is 18.5 Å². The van der Waals surface area contributed by atoms with Crippen LogP contribution in [0.4, 0.5) is 0 Å². The maximum Gasteiger partial charge on any atom is 0.255 e. The lowest BCUT2D eigenvalue weighted by Gasteiger charge is -2.30. The van der Waals surface area contributed by atoms with Crippen molar-refractivity contribution in [3.63, 3.8) is 0 Å². The molecule has 0 N–H and O–H groups in total. The van der Waals surface area contributed by atoms with Crippen LogP contribution in [0.1, 0.15) is 39.4 Å². The highest BCUT2D eigenvalue weighted by atomic mass is 32.2. The van der Waals surface area contributed by atoms with Crippen LogP contribution in [0.2, 0.25) is 0 Å². The van der Waals surface area contributed by atoms with Crippen LogP contribution in [0.3, 0.4) is 0 Å². The molecule has 0 unspecified atom stereocenters. The number of carbonyl (C=O) groups excluding carboxylic acids is 1. The topological polar surface area (TPSA) is 63.7 Å². The molecule has 1 amide bonds. The Balaban J connectivity index is 1.84. The molecule has 5 nitrogen and oxygen atoms in total. The molecular weight excluding hydrogens is 334 g/mol. The zero-order valence-corrected chi connectivity index (χ0v) is 15.2. The minimum Gasteiger partial charge on any atom is -0.376 e. The predicted octanol–water partition coefficient (Wildman–Crippen LogP) is 2.17. The van der Waals surface area contributed by atoms with E-state index in [-0.39, 0.29) is 29.6 Å². The number of thiophene rings is 1. The average Bonchev–Trinajstić information content (AvgIpc) is 3.17. The summed E-state index contributed by atoms with van der Waals surface area (Å²) in [6.45, 7) is 5.15. The Morgan fingerprint density at radius 2 is 2.17 bits per heavy atom. The van der Waals surface area contributed by atoms with Gasteiger partial charge in [-0.2, -0.15) is 0 Å². The molecule has 2 saturated heterocycles. The maximum atomic E-state index is 13.0. The molecule has 1 aromatic rings. The van der Waals surface area contributed by atoms with Crippen LogP contribution in [0, 0.1) is 13.8 Å². The lowest BCUT2D eigenvalue weighted by atomic mass is 10.1. The third-order valence-electron chi connectivity index (χ3n) is 4.61. The summed E-state index contributed by atoms with van der Waals surface area (Å²) < 4.78 is 29.4. The Bertz CT molecular complexity index is 689. The van der Waals surface area contributed by atoms with E-state index in [4.69, 9.17) is 4.74 Å². The summed E-state index contributed by atoms with van der Waals surface area (Å²) in [6, 6.07) is 1.69. The van der Waals surface area contributed by atoms with Gasteiger partial charge in [0.1, 0.15) is 0 Å². The summed E-state index contributed by atoms with van der Waals surface area (Å²) in [6.07, 6.45) is 2.50. The zero-order valence-electron chi connectivity index (χ0n) is 13.6. The van der Waals surface area contributed by atoms with E-state index < -0.39 is 9.84 Å². The fraction of sp³-hybridized carbons (Fsp3) is 0.688. The van der Waals surface area contributed by atoms with Crippen molar-refractivity contribution >= 4 is 27.1 Å². The standard InChI is InChI=1S/C16H23NO4S2/c1-11-8-15(12(2)22-11)16(18)17(9-14-4-3-6-21-14)13-5-7-23(19,20)10-13/h8,13-14H,3-7,9-10H2,1-2H3/t13-,14-/m1/s1. The van der Waals surface area contributed by atoms with Gasteiger partial charge in [0, 0.05) is 28.9 Å². The van der Waals surface area contributed by atoms with Crippen molar-refractivity contribution in [3.05, 3.63) is 21.4 Å². The van der Waals surface area contributed by atoms with Crippen LogP contribution < -0.4 is 0 Å². The molecule has 0 saturated carbocycles. The zero-order chi connectivity index (χ0) is 16.6. The van der Waals surface area contributed by atoms with E-state index >= 15 is 0 Å². The Morgan fingerprint density at radius 3 is 2.70 bits per heavy atom. The number of hydrogen-bond acceptors (Lipinski definition) is 5. The third-order valence-corrected chi connectivity index (χ3v) is 7.32. The van der Waals surface area contributed by atoms with Crippen molar-refractivity contribution in [2.24, 2.45) is 0 Å². The summed E-state index contributed by atoms with van der Waals surface area (Å²) in [5.74, 6) is 0.201. The van der Waals surface area contributed by atoms with Crippen molar-refractivity contribution in [1.29, 1.82) is 0 Å². The number of aryl methyl sites for hydroxylation is 2. The Labute approximate surface area is 141 Å². The molecule has 3 heterocycles. The molecule has 0 radical (unpaired) electrons. The van der Waals surface area contributed by atoms with Gasteiger partial charge in [-0.3, -0.25) is 4.79 Å². The van der Waals surface area contributed by atoms with Crippen molar-refractivity contribution in [2.75, 3.05) is 24.7 Å². The number of ether oxygens (including phenoxy) is 1. The first-order valence-corrected chi connectivity index (χ1v) is 10.7. The molecule has 0 bridgehead atoms. The molecule has 0 spiro atoms. The van der Waals surface area contributed by atoms with E-state index in [1.165, 1.54) is 0 Å². The Kier molecular flexibility index (Phi) is 4.80. The first-order chi connectivity index (χ1) is 10.9. The quantitative estimate of drug-likeness (QED) is 0.828. The van der Waals surface area contributed by atoms with E-state index in [0.717, 1.165) is 29.2 Å². The van der Waals surface area contributed by atoms with Crippen molar-refractivity contribution in [2.45, 2.75) is 45.3 Å². The van der Waals surface area contributed by atoms with E-state index in [1.54, 1.807) is 16.2 Å². The van der Waals surface area contributed by atoms with Gasteiger partial charge in [0.2, 0.25) is 0 Å². The van der Waals surface area contributed by atoms with Gasteiger partial charge < -0.3 is 9.64 Å². The second-order valence-electron chi connectivity index (χ2n) is 6.48. The highest BCUT2D eigenvalue weighted by Crippen LogP contribution is 2.27. The summed E-state index contributed by atoms with van der Waals surface area (Å²) in [5, 5.41) is 0. The largest absolute Gasteiger partial charge is 0.376 e. The van der Waals surface area contributed by atoms with Gasteiger partial charge in [-0.25, -0.2) is 8.42 Å². The monoisotopic (exact) mass is 357 g/mol. The number of rotatable bonds is 4. The fourth-order valence-electron chi connectivity index (χ4n) is 3.42. The number of nitrogens with zero attached hydrogens (tertiary/aromatic N) is 1. The first-order valence-electron chi connectivity index (χ1n) is 8.06. The van der Waals surface area contributed by atoms with Gasteiger partial charge in [0.25, 0.3) is 5.91 Å². The lowest BCUT2D eigenvalue weighted by molar-refractivity contribution is 0.0441. The minimum absolute atomic E-state index is 0.0299. The molecular formula is C16H23NO4S2. The second-order valence-corrected chi connectivity index (χ2v) is 10.2. The minimum atomic E-state index is -3.03. The molecule has 2 aliphatic rings. The lowest BCUT2D eigenvalue weighted by Crippen LogP contribution is -2.45.